The van der Waals surface area contributed by atoms with Crippen LogP contribution < -0.4 is 0 Å². The highest BCUT2D eigenvalue weighted by Crippen LogP contribution is 2.20. The first kappa shape index (κ1) is 16.2. The summed E-state index contributed by atoms with van der Waals surface area (Å²) in [5.41, 5.74) is 3.61. The molecule has 6 nitrogen and oxygen atoms in total. The Labute approximate surface area is 148 Å². The van der Waals surface area contributed by atoms with Gasteiger partial charge < -0.3 is 4.90 Å². The number of benzene rings is 1. The molecule has 25 heavy (non-hydrogen) atoms. The summed E-state index contributed by atoms with van der Waals surface area (Å²) >= 11 is 0. The minimum Gasteiger partial charge on any atom is -0.305 e. The number of likely N-dealkylation sites (N-methyl/N-ethyl adjacent to an activating group) is 1. The van der Waals surface area contributed by atoms with Crippen molar-refractivity contribution in [3.8, 4) is 11.1 Å². The predicted octanol–water partition coefficient (Wildman–Crippen LogP) is 2.24. The second-order valence-electron chi connectivity index (χ2n) is 6.89. The third-order valence-corrected chi connectivity index (χ3v) is 4.94. The normalized spacial score (nSPS) is 17.0. The highest BCUT2D eigenvalue weighted by Gasteiger charge is 2.12. The van der Waals surface area contributed by atoms with E-state index in [0.29, 0.717) is 5.78 Å². The molecule has 2 aromatic heterocycles. The fourth-order valence-corrected chi connectivity index (χ4v) is 3.36. The van der Waals surface area contributed by atoms with Crippen LogP contribution in [-0.4, -0.2) is 62.6 Å². The summed E-state index contributed by atoms with van der Waals surface area (Å²) in [5, 5.41) is 8.10. The van der Waals surface area contributed by atoms with Gasteiger partial charge in [0.1, 0.15) is 5.82 Å². The fraction of sp³-hybridized carbons (Fsp3) is 0.421. The van der Waals surface area contributed by atoms with Gasteiger partial charge in [-0.1, -0.05) is 24.3 Å². The van der Waals surface area contributed by atoms with Gasteiger partial charge in [-0.2, -0.15) is 0 Å². The van der Waals surface area contributed by atoms with Crippen molar-refractivity contribution >= 4 is 5.78 Å². The van der Waals surface area contributed by atoms with E-state index in [-0.39, 0.29) is 0 Å². The zero-order valence-electron chi connectivity index (χ0n) is 14.9. The molecule has 4 rings (SSSR count). The average Bonchev–Trinajstić information content (AvgIpc) is 2.88. The molecule has 0 unspecified atom stereocenters. The molecule has 1 fully saturated rings. The Bertz CT molecular complexity index is 854. The van der Waals surface area contributed by atoms with Crippen molar-refractivity contribution in [3.05, 3.63) is 48.0 Å². The van der Waals surface area contributed by atoms with Crippen LogP contribution in [0.5, 0.6) is 0 Å². The minimum absolute atomic E-state index is 0.643. The number of aromatic nitrogens is 4. The Kier molecular flexibility index (Phi) is 4.46. The van der Waals surface area contributed by atoms with Gasteiger partial charge in [-0.05, 0) is 44.6 Å². The largest absolute Gasteiger partial charge is 0.305 e. The van der Waals surface area contributed by atoms with Crippen LogP contribution in [0.25, 0.3) is 16.9 Å². The van der Waals surface area contributed by atoms with E-state index in [0.717, 1.165) is 31.0 Å². The van der Waals surface area contributed by atoms with Crippen molar-refractivity contribution in [1.82, 2.24) is 29.4 Å². The zero-order chi connectivity index (χ0) is 17.2. The van der Waals surface area contributed by atoms with E-state index in [1.54, 1.807) is 0 Å². The third kappa shape index (κ3) is 3.55. The SMILES string of the molecule is Cc1nnc2ncc(-c3ccc(CN4CCCN(C)CC4)cc3)cn12. The molecule has 0 aliphatic carbocycles. The van der Waals surface area contributed by atoms with E-state index in [1.807, 2.05) is 17.5 Å². The summed E-state index contributed by atoms with van der Waals surface area (Å²) in [7, 11) is 2.21. The van der Waals surface area contributed by atoms with Crippen molar-refractivity contribution in [2.45, 2.75) is 19.9 Å². The van der Waals surface area contributed by atoms with E-state index in [9.17, 15) is 0 Å². The number of hydrogen-bond donors (Lipinski definition) is 0. The van der Waals surface area contributed by atoms with Gasteiger partial charge in [0, 0.05) is 37.6 Å². The summed E-state index contributed by atoms with van der Waals surface area (Å²) in [5.74, 6) is 1.50. The van der Waals surface area contributed by atoms with E-state index in [4.69, 9.17) is 0 Å². The Morgan fingerprint density at radius 3 is 2.64 bits per heavy atom. The lowest BCUT2D eigenvalue weighted by molar-refractivity contribution is 0.269. The number of rotatable bonds is 3. The highest BCUT2D eigenvalue weighted by molar-refractivity contribution is 5.62. The lowest BCUT2D eigenvalue weighted by Gasteiger charge is -2.20. The molecular weight excluding hydrogens is 312 g/mol. The number of nitrogens with zero attached hydrogens (tertiary/aromatic N) is 6. The smallest absolute Gasteiger partial charge is 0.254 e. The van der Waals surface area contributed by atoms with Crippen LogP contribution in [0.2, 0.25) is 0 Å². The minimum atomic E-state index is 0.643. The Morgan fingerprint density at radius 1 is 0.960 bits per heavy atom. The molecule has 0 bridgehead atoms. The lowest BCUT2D eigenvalue weighted by atomic mass is 10.1. The molecule has 3 heterocycles. The first-order chi connectivity index (χ1) is 12.2. The van der Waals surface area contributed by atoms with Gasteiger partial charge in [0.05, 0.1) is 0 Å². The Balaban J connectivity index is 1.50. The van der Waals surface area contributed by atoms with Gasteiger partial charge in [0.25, 0.3) is 5.78 Å². The molecule has 0 atom stereocenters. The highest BCUT2D eigenvalue weighted by atomic mass is 15.3. The topological polar surface area (TPSA) is 49.6 Å². The van der Waals surface area contributed by atoms with Gasteiger partial charge in [-0.15, -0.1) is 10.2 Å². The second kappa shape index (κ2) is 6.90. The molecule has 130 valence electrons. The first-order valence-electron chi connectivity index (χ1n) is 8.87. The summed E-state index contributed by atoms with van der Waals surface area (Å²) in [4.78, 5) is 9.35. The molecule has 1 aromatic carbocycles. The molecule has 3 aromatic rings. The van der Waals surface area contributed by atoms with Crippen molar-refractivity contribution in [1.29, 1.82) is 0 Å². The molecule has 0 amide bonds. The molecular formula is C19H24N6. The standard InChI is InChI=1S/C19H24N6/c1-15-21-22-19-20-12-18(14-25(15)19)17-6-4-16(5-7-17)13-24-9-3-8-23(2)10-11-24/h4-7,12,14H,3,8-11,13H2,1-2H3. The van der Waals surface area contributed by atoms with E-state index >= 15 is 0 Å². The average molecular weight is 336 g/mol. The number of aryl methyl sites for hydroxylation is 1. The van der Waals surface area contributed by atoms with Crippen LogP contribution in [0.1, 0.15) is 17.8 Å². The zero-order valence-corrected chi connectivity index (χ0v) is 14.9. The maximum atomic E-state index is 4.39. The molecule has 1 saturated heterocycles. The molecule has 1 aliphatic rings. The summed E-state index contributed by atoms with van der Waals surface area (Å²) < 4.78 is 1.93. The van der Waals surface area contributed by atoms with E-state index < -0.39 is 0 Å². The monoisotopic (exact) mass is 336 g/mol. The van der Waals surface area contributed by atoms with Crippen LogP contribution in [0.3, 0.4) is 0 Å². The Morgan fingerprint density at radius 2 is 1.80 bits per heavy atom. The summed E-state index contributed by atoms with van der Waals surface area (Å²) in [6.07, 6.45) is 5.17. The molecule has 0 spiro atoms. The van der Waals surface area contributed by atoms with E-state index in [1.165, 1.54) is 30.6 Å². The Hall–Kier alpha value is -2.31. The molecule has 0 radical (unpaired) electrons. The third-order valence-electron chi connectivity index (χ3n) is 4.94. The van der Waals surface area contributed by atoms with Crippen LogP contribution in [0.15, 0.2) is 36.7 Å². The molecule has 6 heteroatoms. The van der Waals surface area contributed by atoms with Crippen LogP contribution >= 0.6 is 0 Å². The van der Waals surface area contributed by atoms with Gasteiger partial charge in [-0.25, -0.2) is 4.98 Å². The molecule has 0 saturated carbocycles. The van der Waals surface area contributed by atoms with Crippen molar-refractivity contribution in [3.63, 3.8) is 0 Å². The van der Waals surface area contributed by atoms with Gasteiger partial charge in [-0.3, -0.25) is 9.30 Å². The van der Waals surface area contributed by atoms with Crippen molar-refractivity contribution in [2.75, 3.05) is 33.2 Å². The van der Waals surface area contributed by atoms with Gasteiger partial charge in [0.15, 0.2) is 0 Å². The van der Waals surface area contributed by atoms with Crippen molar-refractivity contribution in [2.24, 2.45) is 0 Å². The maximum absolute atomic E-state index is 4.39. The summed E-state index contributed by atoms with van der Waals surface area (Å²) in [6.45, 7) is 7.64. The number of fused-ring (bicyclic) bond motifs is 1. The maximum Gasteiger partial charge on any atom is 0.254 e. The second-order valence-corrected chi connectivity index (χ2v) is 6.89. The predicted molar refractivity (Wildman–Crippen MR) is 98.3 cm³/mol. The number of hydrogen-bond acceptors (Lipinski definition) is 5. The lowest BCUT2D eigenvalue weighted by Crippen LogP contribution is -2.28. The van der Waals surface area contributed by atoms with Gasteiger partial charge >= 0.3 is 0 Å². The quantitative estimate of drug-likeness (QED) is 0.734. The van der Waals surface area contributed by atoms with Crippen LogP contribution in [-0.2, 0) is 6.54 Å². The van der Waals surface area contributed by atoms with Crippen molar-refractivity contribution < 1.29 is 0 Å². The van der Waals surface area contributed by atoms with Crippen LogP contribution in [0.4, 0.5) is 0 Å². The first-order valence-corrected chi connectivity index (χ1v) is 8.87. The molecule has 0 N–H and O–H groups in total. The van der Waals surface area contributed by atoms with Crippen LogP contribution in [0, 0.1) is 6.92 Å². The molecule has 1 aliphatic heterocycles. The summed E-state index contributed by atoms with van der Waals surface area (Å²) in [6, 6.07) is 8.82. The fourth-order valence-electron chi connectivity index (χ4n) is 3.36. The van der Waals surface area contributed by atoms with E-state index in [2.05, 4.69) is 62.5 Å². The van der Waals surface area contributed by atoms with Gasteiger partial charge in [0.2, 0.25) is 0 Å².